The lowest BCUT2D eigenvalue weighted by molar-refractivity contribution is -0.384. The van der Waals surface area contributed by atoms with Crippen LogP contribution in [0.5, 0.6) is 17.4 Å². The molecule has 9 heteroatoms. The van der Waals surface area contributed by atoms with Crippen molar-refractivity contribution >= 4 is 33.6 Å². The summed E-state index contributed by atoms with van der Waals surface area (Å²) in [5.74, 6) is 0.875. The number of carbonyl (C=O) groups is 1. The Kier molecular flexibility index (Phi) is 3.81. The quantitative estimate of drug-likeness (QED) is 0.310. The Morgan fingerprint density at radius 1 is 1.15 bits per heavy atom. The van der Waals surface area contributed by atoms with E-state index < -0.39 is 11.1 Å². The van der Waals surface area contributed by atoms with Gasteiger partial charge in [0.05, 0.1) is 27.5 Å². The molecule has 9 nitrogen and oxygen atoms in total. The van der Waals surface area contributed by atoms with Gasteiger partial charge in [-0.15, -0.1) is 0 Å². The van der Waals surface area contributed by atoms with Crippen LogP contribution in [0.25, 0.3) is 21.8 Å². The first-order chi connectivity index (χ1) is 13.0. The summed E-state index contributed by atoms with van der Waals surface area (Å²) in [7, 11) is 0. The third-order valence-electron chi connectivity index (χ3n) is 3.91. The van der Waals surface area contributed by atoms with E-state index in [1.807, 2.05) is 6.07 Å². The summed E-state index contributed by atoms with van der Waals surface area (Å²) in [5.41, 5.74) is 1.41. The fraction of sp³-hybridized carbons (Fsp3) is 0. The highest BCUT2D eigenvalue weighted by molar-refractivity contribution is 6.10. The summed E-state index contributed by atoms with van der Waals surface area (Å²) in [6, 6.07) is 12.6. The van der Waals surface area contributed by atoms with Crippen LogP contribution in [0.15, 0.2) is 54.7 Å². The summed E-state index contributed by atoms with van der Waals surface area (Å²) in [4.78, 5) is 28.1. The van der Waals surface area contributed by atoms with E-state index in [1.54, 1.807) is 12.1 Å². The maximum absolute atomic E-state index is 10.8. The highest BCUT2D eigenvalue weighted by atomic mass is 16.7. The van der Waals surface area contributed by atoms with E-state index in [9.17, 15) is 14.9 Å². The summed E-state index contributed by atoms with van der Waals surface area (Å²) >= 11 is 0. The molecule has 134 valence electrons. The van der Waals surface area contributed by atoms with Crippen molar-refractivity contribution in [3.05, 3.63) is 64.8 Å². The molecule has 4 rings (SSSR count). The molecule has 0 saturated carbocycles. The third kappa shape index (κ3) is 3.09. The van der Waals surface area contributed by atoms with Gasteiger partial charge in [-0.25, -0.2) is 9.78 Å². The van der Waals surface area contributed by atoms with Crippen LogP contribution in [0, 0.1) is 10.1 Å². The Balaban J connectivity index is 1.79. The second-order valence-electron chi connectivity index (χ2n) is 5.59. The largest absolute Gasteiger partial charge is 0.512 e. The molecule has 0 amide bonds. The Morgan fingerprint density at radius 2 is 1.93 bits per heavy atom. The Hall–Kier alpha value is -4.14. The zero-order chi connectivity index (χ0) is 19.0. The molecule has 2 heterocycles. The van der Waals surface area contributed by atoms with Crippen molar-refractivity contribution in [2.24, 2.45) is 0 Å². The molecule has 2 N–H and O–H groups in total. The number of hydrogen-bond acceptors (Lipinski definition) is 6. The number of pyridine rings is 1. The van der Waals surface area contributed by atoms with Gasteiger partial charge < -0.3 is 19.6 Å². The fourth-order valence-electron chi connectivity index (χ4n) is 2.79. The molecule has 2 aromatic carbocycles. The number of hydrogen-bond donors (Lipinski definition) is 2. The van der Waals surface area contributed by atoms with Crippen molar-refractivity contribution in [1.29, 1.82) is 0 Å². The summed E-state index contributed by atoms with van der Waals surface area (Å²) in [6.07, 6.45) is 0.0209. The molecule has 0 radical (unpaired) electrons. The topological polar surface area (TPSA) is 128 Å². The normalized spacial score (nSPS) is 10.8. The second kappa shape index (κ2) is 6.30. The van der Waals surface area contributed by atoms with Crippen LogP contribution in [0.4, 0.5) is 10.5 Å². The second-order valence-corrected chi connectivity index (χ2v) is 5.59. The molecule has 27 heavy (non-hydrogen) atoms. The van der Waals surface area contributed by atoms with Crippen molar-refractivity contribution in [2.75, 3.05) is 0 Å². The number of non-ortho nitro benzene ring substituents is 1. The van der Waals surface area contributed by atoms with Crippen LogP contribution < -0.4 is 9.47 Å². The van der Waals surface area contributed by atoms with Crippen molar-refractivity contribution in [3.63, 3.8) is 0 Å². The van der Waals surface area contributed by atoms with E-state index in [2.05, 4.69) is 14.7 Å². The zero-order valence-corrected chi connectivity index (χ0v) is 13.6. The molecular weight excluding hydrogens is 354 g/mol. The number of aromatic nitrogens is 2. The number of nitrogens with zero attached hydrogens (tertiary/aromatic N) is 2. The number of nitro groups is 1. The number of fused-ring (bicyclic) bond motifs is 3. The number of rotatable bonds is 4. The molecule has 4 aromatic rings. The van der Waals surface area contributed by atoms with E-state index in [-0.39, 0.29) is 11.6 Å². The summed E-state index contributed by atoms with van der Waals surface area (Å²) in [6.45, 7) is 0. The van der Waals surface area contributed by atoms with E-state index in [4.69, 9.17) is 9.84 Å². The molecule has 0 unspecified atom stereocenters. The van der Waals surface area contributed by atoms with Crippen molar-refractivity contribution in [3.8, 4) is 17.4 Å². The van der Waals surface area contributed by atoms with Gasteiger partial charge in [0, 0.05) is 23.6 Å². The van der Waals surface area contributed by atoms with Gasteiger partial charge in [0.25, 0.3) is 5.69 Å². The van der Waals surface area contributed by atoms with Crippen molar-refractivity contribution in [1.82, 2.24) is 9.97 Å². The molecule has 0 aliphatic rings. The lowest BCUT2D eigenvalue weighted by Gasteiger charge is -2.07. The third-order valence-corrected chi connectivity index (χ3v) is 3.91. The van der Waals surface area contributed by atoms with Gasteiger partial charge in [0.1, 0.15) is 11.5 Å². The van der Waals surface area contributed by atoms with Gasteiger partial charge in [-0.2, -0.15) is 0 Å². The molecule has 0 fully saturated rings. The molecule has 0 bridgehead atoms. The van der Waals surface area contributed by atoms with E-state index >= 15 is 0 Å². The van der Waals surface area contributed by atoms with Crippen LogP contribution in [-0.4, -0.2) is 26.2 Å². The molecule has 2 aromatic heterocycles. The molecule has 0 spiro atoms. The maximum Gasteiger partial charge on any atom is 0.512 e. The number of benzene rings is 2. The number of carboxylic acid groups (broad SMARTS) is 1. The Morgan fingerprint density at radius 3 is 2.63 bits per heavy atom. The predicted octanol–water partition coefficient (Wildman–Crippen LogP) is 4.47. The summed E-state index contributed by atoms with van der Waals surface area (Å²) < 4.78 is 10.5. The van der Waals surface area contributed by atoms with Crippen LogP contribution in [0.2, 0.25) is 0 Å². The number of nitrogens with one attached hydrogen (secondary N) is 1. The smallest absolute Gasteiger partial charge is 0.457 e. The first kappa shape index (κ1) is 16.3. The van der Waals surface area contributed by atoms with Gasteiger partial charge in [0.15, 0.2) is 0 Å². The number of H-pyrrole nitrogens is 1. The highest BCUT2D eigenvalue weighted by Crippen LogP contribution is 2.36. The first-order valence-corrected chi connectivity index (χ1v) is 7.75. The minimum Gasteiger partial charge on any atom is -0.457 e. The van der Waals surface area contributed by atoms with Crippen LogP contribution >= 0.6 is 0 Å². The van der Waals surface area contributed by atoms with Crippen molar-refractivity contribution in [2.45, 2.75) is 0 Å². The molecule has 0 aliphatic carbocycles. The minimum atomic E-state index is -1.45. The highest BCUT2D eigenvalue weighted by Gasteiger charge is 2.14. The lowest BCUT2D eigenvalue weighted by Crippen LogP contribution is -2.04. The Labute approximate surface area is 150 Å². The zero-order valence-electron chi connectivity index (χ0n) is 13.6. The predicted molar refractivity (Wildman–Crippen MR) is 95.4 cm³/mol. The van der Waals surface area contributed by atoms with Gasteiger partial charge in [0.2, 0.25) is 5.88 Å². The van der Waals surface area contributed by atoms with Gasteiger partial charge in [-0.1, -0.05) is 6.07 Å². The van der Waals surface area contributed by atoms with E-state index in [1.165, 1.54) is 36.5 Å². The van der Waals surface area contributed by atoms with Crippen molar-refractivity contribution < 1.29 is 24.3 Å². The monoisotopic (exact) mass is 365 g/mol. The molecular formula is C18H11N3O6. The number of aromatic amines is 1. The number of ether oxygens (including phenoxy) is 2. The van der Waals surface area contributed by atoms with Gasteiger partial charge in [-0.3, -0.25) is 10.1 Å². The van der Waals surface area contributed by atoms with Gasteiger partial charge >= 0.3 is 6.16 Å². The van der Waals surface area contributed by atoms with E-state index in [0.29, 0.717) is 27.8 Å². The lowest BCUT2D eigenvalue weighted by atomic mass is 10.1. The SMILES string of the molecule is O=C(O)Oc1cc2c(cn1)[nH]c1cccc(Oc3ccc([N+](=O)[O-])cc3)c12. The number of nitro benzene ring substituents is 1. The molecule has 0 saturated heterocycles. The van der Waals surface area contributed by atoms with Gasteiger partial charge in [-0.05, 0) is 24.3 Å². The van der Waals surface area contributed by atoms with E-state index in [0.717, 1.165) is 5.52 Å². The first-order valence-electron chi connectivity index (χ1n) is 7.75. The maximum atomic E-state index is 10.8. The summed E-state index contributed by atoms with van der Waals surface area (Å²) in [5, 5.41) is 20.9. The molecule has 0 aliphatic heterocycles. The average molecular weight is 365 g/mol. The van der Waals surface area contributed by atoms with Crippen LogP contribution in [-0.2, 0) is 0 Å². The minimum absolute atomic E-state index is 0.0332. The van der Waals surface area contributed by atoms with Crippen LogP contribution in [0.3, 0.4) is 0 Å². The fourth-order valence-corrected chi connectivity index (χ4v) is 2.79. The Bertz CT molecular complexity index is 1180. The average Bonchev–Trinajstić information content (AvgIpc) is 3.00. The standard InChI is InChI=1S/C18H11N3O6/c22-18(23)27-16-8-12-14(9-19-16)20-13-2-1-3-15(17(12)13)26-11-6-4-10(5-7-11)21(24)25/h1-9,20H,(H,22,23). The van der Waals surface area contributed by atoms with Crippen LogP contribution in [0.1, 0.15) is 0 Å². The molecule has 0 atom stereocenters.